The van der Waals surface area contributed by atoms with Crippen molar-refractivity contribution < 1.29 is 27.5 Å². The highest BCUT2D eigenvalue weighted by atomic mass is 32.1. The number of carbonyl (C=O) groups excluding carboxylic acids is 2. The van der Waals surface area contributed by atoms with Gasteiger partial charge in [-0.2, -0.15) is 13.2 Å². The second-order valence-corrected chi connectivity index (χ2v) is 6.11. The lowest BCUT2D eigenvalue weighted by Gasteiger charge is -2.10. The van der Waals surface area contributed by atoms with Crippen LogP contribution in [0.5, 0.6) is 5.88 Å². The van der Waals surface area contributed by atoms with E-state index >= 15 is 0 Å². The second kappa shape index (κ2) is 9.18. The minimum absolute atomic E-state index is 0.0830. The van der Waals surface area contributed by atoms with E-state index in [9.17, 15) is 22.8 Å². The molecule has 0 saturated carbocycles. The molecular formula is C16H16F3N3O3S. The van der Waals surface area contributed by atoms with Crippen molar-refractivity contribution in [1.82, 2.24) is 15.6 Å². The van der Waals surface area contributed by atoms with Crippen molar-refractivity contribution in [2.75, 3.05) is 13.2 Å². The lowest BCUT2D eigenvalue weighted by atomic mass is 10.2. The van der Waals surface area contributed by atoms with Gasteiger partial charge < -0.3 is 15.4 Å². The van der Waals surface area contributed by atoms with Crippen LogP contribution in [0.3, 0.4) is 0 Å². The number of halogens is 3. The molecular weight excluding hydrogens is 371 g/mol. The summed E-state index contributed by atoms with van der Waals surface area (Å²) in [5, 5.41) is 7.02. The van der Waals surface area contributed by atoms with E-state index in [-0.39, 0.29) is 37.2 Å². The first-order valence-corrected chi connectivity index (χ1v) is 8.44. The van der Waals surface area contributed by atoms with Gasteiger partial charge in [-0.1, -0.05) is 6.07 Å². The van der Waals surface area contributed by atoms with Gasteiger partial charge in [-0.05, 0) is 23.1 Å². The number of thiophene rings is 1. The molecule has 0 aromatic carbocycles. The first kappa shape index (κ1) is 19.7. The fourth-order valence-electron chi connectivity index (χ4n) is 1.87. The average molecular weight is 387 g/mol. The highest BCUT2D eigenvalue weighted by Crippen LogP contribution is 2.17. The molecule has 6 nitrogen and oxygen atoms in total. The SMILES string of the molecule is O=C(CCNC(=O)c1cccs1)NCc1ccnc(OCC(F)(F)F)c1. The van der Waals surface area contributed by atoms with Gasteiger partial charge in [-0.15, -0.1) is 11.3 Å². The van der Waals surface area contributed by atoms with Crippen LogP contribution in [0.15, 0.2) is 35.8 Å². The molecule has 0 aliphatic carbocycles. The van der Waals surface area contributed by atoms with Gasteiger partial charge in [-0.3, -0.25) is 9.59 Å². The largest absolute Gasteiger partial charge is 0.468 e. The number of aromatic nitrogens is 1. The van der Waals surface area contributed by atoms with Crippen LogP contribution in [0.2, 0.25) is 0 Å². The summed E-state index contributed by atoms with van der Waals surface area (Å²) < 4.78 is 40.9. The summed E-state index contributed by atoms with van der Waals surface area (Å²) in [5.74, 6) is -0.711. The van der Waals surface area contributed by atoms with E-state index in [1.165, 1.54) is 23.6 Å². The Morgan fingerprint density at radius 1 is 1.23 bits per heavy atom. The van der Waals surface area contributed by atoms with Crippen molar-refractivity contribution in [3.63, 3.8) is 0 Å². The average Bonchev–Trinajstić information content (AvgIpc) is 3.13. The molecule has 2 N–H and O–H groups in total. The van der Waals surface area contributed by atoms with E-state index in [1.807, 2.05) is 0 Å². The lowest BCUT2D eigenvalue weighted by molar-refractivity contribution is -0.154. The van der Waals surface area contributed by atoms with Gasteiger partial charge in [-0.25, -0.2) is 4.98 Å². The molecule has 2 aromatic heterocycles. The van der Waals surface area contributed by atoms with E-state index in [4.69, 9.17) is 0 Å². The van der Waals surface area contributed by atoms with Gasteiger partial charge in [0.2, 0.25) is 11.8 Å². The molecule has 2 aromatic rings. The number of ether oxygens (including phenoxy) is 1. The molecule has 0 saturated heterocycles. The summed E-state index contributed by atoms with van der Waals surface area (Å²) in [6.45, 7) is -1.14. The van der Waals surface area contributed by atoms with E-state index in [2.05, 4.69) is 20.4 Å². The van der Waals surface area contributed by atoms with Crippen LogP contribution in [0, 0.1) is 0 Å². The fraction of sp³-hybridized carbons (Fsp3) is 0.312. The molecule has 0 bridgehead atoms. The van der Waals surface area contributed by atoms with Crippen molar-refractivity contribution in [3.05, 3.63) is 46.3 Å². The number of hydrogen-bond donors (Lipinski definition) is 2. The summed E-state index contributed by atoms with van der Waals surface area (Å²) >= 11 is 1.30. The third-order valence-corrected chi connectivity index (χ3v) is 3.92. The van der Waals surface area contributed by atoms with Gasteiger partial charge >= 0.3 is 6.18 Å². The van der Waals surface area contributed by atoms with Gasteiger partial charge in [0.1, 0.15) is 0 Å². The van der Waals surface area contributed by atoms with Crippen molar-refractivity contribution in [2.24, 2.45) is 0 Å². The Balaban J connectivity index is 1.71. The maximum Gasteiger partial charge on any atom is 0.422 e. The summed E-state index contributed by atoms with van der Waals surface area (Å²) in [6.07, 6.45) is -3.06. The Morgan fingerprint density at radius 2 is 2.04 bits per heavy atom. The Morgan fingerprint density at radius 3 is 2.73 bits per heavy atom. The normalized spacial score (nSPS) is 11.0. The zero-order valence-electron chi connectivity index (χ0n) is 13.5. The van der Waals surface area contributed by atoms with Crippen LogP contribution in [-0.4, -0.2) is 36.1 Å². The molecule has 0 spiro atoms. The Labute approximate surface area is 151 Å². The summed E-state index contributed by atoms with van der Waals surface area (Å²) in [6, 6.07) is 6.32. The van der Waals surface area contributed by atoms with Crippen LogP contribution >= 0.6 is 11.3 Å². The Hall–Kier alpha value is -2.62. The highest BCUT2D eigenvalue weighted by Gasteiger charge is 2.28. The molecule has 10 heteroatoms. The summed E-state index contributed by atoms with van der Waals surface area (Å²) in [5.41, 5.74) is 0.549. The predicted molar refractivity (Wildman–Crippen MR) is 88.9 cm³/mol. The number of nitrogens with one attached hydrogen (secondary N) is 2. The molecule has 2 rings (SSSR count). The number of pyridine rings is 1. The first-order chi connectivity index (χ1) is 12.3. The van der Waals surface area contributed by atoms with Gasteiger partial charge in [0.25, 0.3) is 5.91 Å². The van der Waals surface area contributed by atoms with Crippen molar-refractivity contribution in [1.29, 1.82) is 0 Å². The molecule has 0 unspecified atom stereocenters. The minimum atomic E-state index is -4.44. The molecule has 0 aliphatic rings. The quantitative estimate of drug-likeness (QED) is 0.730. The number of nitrogens with zero attached hydrogens (tertiary/aromatic N) is 1. The van der Waals surface area contributed by atoms with Crippen LogP contribution < -0.4 is 15.4 Å². The van der Waals surface area contributed by atoms with Gasteiger partial charge in [0, 0.05) is 31.8 Å². The molecule has 140 valence electrons. The molecule has 0 fully saturated rings. The van der Waals surface area contributed by atoms with Crippen LogP contribution in [0.25, 0.3) is 0 Å². The summed E-state index contributed by atoms with van der Waals surface area (Å²) in [7, 11) is 0. The Bertz CT molecular complexity index is 736. The van der Waals surface area contributed by atoms with Gasteiger partial charge in [0.15, 0.2) is 6.61 Å². The van der Waals surface area contributed by atoms with Crippen molar-refractivity contribution >= 4 is 23.2 Å². The third-order valence-electron chi connectivity index (χ3n) is 3.06. The monoisotopic (exact) mass is 387 g/mol. The molecule has 0 atom stereocenters. The van der Waals surface area contributed by atoms with Gasteiger partial charge in [0.05, 0.1) is 4.88 Å². The van der Waals surface area contributed by atoms with E-state index in [0.29, 0.717) is 10.4 Å². The van der Waals surface area contributed by atoms with E-state index in [1.54, 1.807) is 23.6 Å². The number of hydrogen-bond acceptors (Lipinski definition) is 5. The van der Waals surface area contributed by atoms with Crippen LogP contribution in [0.4, 0.5) is 13.2 Å². The minimum Gasteiger partial charge on any atom is -0.468 e. The molecule has 2 amide bonds. The first-order valence-electron chi connectivity index (χ1n) is 7.56. The predicted octanol–water partition coefficient (Wildman–Crippen LogP) is 2.52. The lowest BCUT2D eigenvalue weighted by Crippen LogP contribution is -2.30. The van der Waals surface area contributed by atoms with Crippen LogP contribution in [0.1, 0.15) is 21.7 Å². The number of alkyl halides is 3. The fourth-order valence-corrected chi connectivity index (χ4v) is 2.51. The Kier molecular flexibility index (Phi) is 6.96. The molecule has 26 heavy (non-hydrogen) atoms. The standard InChI is InChI=1S/C16H16F3N3O3S/c17-16(18,19)10-25-14-8-11(3-5-20-14)9-22-13(23)4-6-21-15(24)12-2-1-7-26-12/h1-3,5,7-8H,4,6,9-10H2,(H,21,24)(H,22,23). The zero-order valence-corrected chi connectivity index (χ0v) is 14.3. The molecule has 2 heterocycles. The smallest absolute Gasteiger partial charge is 0.422 e. The molecule has 0 radical (unpaired) electrons. The van der Waals surface area contributed by atoms with Crippen molar-refractivity contribution in [2.45, 2.75) is 19.1 Å². The maximum atomic E-state index is 12.1. The maximum absolute atomic E-state index is 12.1. The number of carbonyl (C=O) groups is 2. The number of amides is 2. The zero-order chi connectivity index (χ0) is 19.0. The number of rotatable bonds is 8. The topological polar surface area (TPSA) is 80.3 Å². The van der Waals surface area contributed by atoms with Crippen LogP contribution in [-0.2, 0) is 11.3 Å². The third kappa shape index (κ3) is 7.09. The van der Waals surface area contributed by atoms with E-state index in [0.717, 1.165) is 0 Å². The molecule has 0 aliphatic heterocycles. The second-order valence-electron chi connectivity index (χ2n) is 5.17. The van der Waals surface area contributed by atoms with Crippen molar-refractivity contribution in [3.8, 4) is 5.88 Å². The van der Waals surface area contributed by atoms with E-state index < -0.39 is 12.8 Å². The highest BCUT2D eigenvalue weighted by molar-refractivity contribution is 7.12. The summed E-state index contributed by atoms with van der Waals surface area (Å²) in [4.78, 5) is 27.7.